The number of carbonyl (C=O) groups is 2. The summed E-state index contributed by atoms with van der Waals surface area (Å²) in [5.74, 6) is 0.260. The molecule has 2 fully saturated rings. The number of nitrogens with zero attached hydrogens (tertiary/aromatic N) is 1. The molecule has 0 aromatic heterocycles. The molecular formula is C9H13NO3. The first-order valence-corrected chi connectivity index (χ1v) is 4.59. The maximum Gasteiger partial charge on any atom is 0.396 e. The van der Waals surface area contributed by atoms with E-state index in [1.165, 1.54) is 13.5 Å². The molecule has 0 bridgehead atoms. The number of carbonyl (C=O) groups excluding carboxylic acids is 2. The normalized spacial score (nSPS) is 30.7. The molecule has 0 spiro atoms. The fraction of sp³-hybridized carbons (Fsp3) is 0.778. The Bertz CT molecular complexity index is 251. The van der Waals surface area contributed by atoms with E-state index in [2.05, 4.69) is 4.74 Å². The minimum atomic E-state index is -0.737. The lowest BCUT2D eigenvalue weighted by atomic mass is 10.1. The van der Waals surface area contributed by atoms with Crippen LogP contribution in [0.2, 0.25) is 0 Å². The molecule has 2 rings (SSSR count). The van der Waals surface area contributed by atoms with Crippen molar-refractivity contribution in [1.82, 2.24) is 4.90 Å². The molecule has 2 aliphatic rings. The summed E-state index contributed by atoms with van der Waals surface area (Å²) >= 11 is 0. The number of rotatable bonds is 0. The third-order valence-corrected chi connectivity index (χ3v) is 2.94. The molecule has 2 atom stereocenters. The van der Waals surface area contributed by atoms with Crippen LogP contribution >= 0.6 is 0 Å². The van der Waals surface area contributed by atoms with E-state index in [0.29, 0.717) is 5.92 Å². The van der Waals surface area contributed by atoms with E-state index in [9.17, 15) is 9.59 Å². The van der Waals surface area contributed by atoms with E-state index in [0.717, 1.165) is 25.4 Å². The minimum Gasteiger partial charge on any atom is -0.462 e. The van der Waals surface area contributed by atoms with Crippen molar-refractivity contribution in [2.45, 2.75) is 12.8 Å². The van der Waals surface area contributed by atoms with Gasteiger partial charge in [0.2, 0.25) is 0 Å². The van der Waals surface area contributed by atoms with Crippen molar-refractivity contribution in [3.8, 4) is 0 Å². The summed E-state index contributed by atoms with van der Waals surface area (Å²) in [5, 5.41) is 0. The molecule has 0 radical (unpaired) electrons. The first-order valence-electron chi connectivity index (χ1n) is 4.59. The van der Waals surface area contributed by atoms with Gasteiger partial charge in [0.15, 0.2) is 0 Å². The number of hydrogen-bond acceptors (Lipinski definition) is 3. The lowest BCUT2D eigenvalue weighted by Crippen LogP contribution is -2.41. The van der Waals surface area contributed by atoms with Crippen molar-refractivity contribution in [3.05, 3.63) is 0 Å². The van der Waals surface area contributed by atoms with Gasteiger partial charge in [-0.3, -0.25) is 4.79 Å². The van der Waals surface area contributed by atoms with Crippen LogP contribution in [0.25, 0.3) is 0 Å². The van der Waals surface area contributed by atoms with Crippen molar-refractivity contribution in [3.63, 3.8) is 0 Å². The zero-order chi connectivity index (χ0) is 9.42. The highest BCUT2D eigenvalue weighted by Gasteiger charge is 2.43. The van der Waals surface area contributed by atoms with Crippen LogP contribution in [-0.2, 0) is 14.3 Å². The Hall–Kier alpha value is -1.06. The molecule has 1 amide bonds. The van der Waals surface area contributed by atoms with Crippen LogP contribution in [0.5, 0.6) is 0 Å². The SMILES string of the molecule is COC(=O)C(=O)N1CCC2CC2C1. The van der Waals surface area contributed by atoms with Crippen LogP contribution in [0.1, 0.15) is 12.8 Å². The highest BCUT2D eigenvalue weighted by Crippen LogP contribution is 2.44. The van der Waals surface area contributed by atoms with E-state index in [1.54, 1.807) is 4.90 Å². The Balaban J connectivity index is 1.92. The highest BCUT2D eigenvalue weighted by molar-refractivity contribution is 6.32. The van der Waals surface area contributed by atoms with Crippen LogP contribution in [0.4, 0.5) is 0 Å². The van der Waals surface area contributed by atoms with Crippen molar-refractivity contribution < 1.29 is 14.3 Å². The van der Waals surface area contributed by atoms with Gasteiger partial charge in [-0.2, -0.15) is 0 Å². The monoisotopic (exact) mass is 183 g/mol. The number of esters is 1. The van der Waals surface area contributed by atoms with Gasteiger partial charge in [0.1, 0.15) is 0 Å². The van der Waals surface area contributed by atoms with Gasteiger partial charge in [0, 0.05) is 13.1 Å². The summed E-state index contributed by atoms with van der Waals surface area (Å²) < 4.78 is 4.38. The molecule has 1 saturated heterocycles. The van der Waals surface area contributed by atoms with E-state index in [-0.39, 0.29) is 0 Å². The van der Waals surface area contributed by atoms with Crippen LogP contribution in [0, 0.1) is 11.8 Å². The summed E-state index contributed by atoms with van der Waals surface area (Å²) in [6.45, 7) is 1.47. The summed E-state index contributed by atoms with van der Waals surface area (Å²) in [4.78, 5) is 23.9. The Morgan fingerprint density at radius 2 is 2.15 bits per heavy atom. The van der Waals surface area contributed by atoms with Crippen LogP contribution < -0.4 is 0 Å². The summed E-state index contributed by atoms with van der Waals surface area (Å²) in [7, 11) is 1.24. The van der Waals surface area contributed by atoms with Gasteiger partial charge in [-0.15, -0.1) is 0 Å². The number of ether oxygens (including phenoxy) is 1. The van der Waals surface area contributed by atoms with Gasteiger partial charge in [0.05, 0.1) is 7.11 Å². The number of piperidine rings is 1. The number of methoxy groups -OCH3 is 1. The second-order valence-corrected chi connectivity index (χ2v) is 3.79. The van der Waals surface area contributed by atoms with E-state index in [4.69, 9.17) is 0 Å². The van der Waals surface area contributed by atoms with Crippen molar-refractivity contribution >= 4 is 11.9 Å². The zero-order valence-electron chi connectivity index (χ0n) is 7.66. The molecule has 0 aromatic carbocycles. The Morgan fingerprint density at radius 1 is 1.38 bits per heavy atom. The maximum atomic E-state index is 11.3. The molecule has 1 heterocycles. The summed E-state index contributed by atoms with van der Waals surface area (Å²) in [6.07, 6.45) is 2.28. The fourth-order valence-corrected chi connectivity index (χ4v) is 1.98. The quantitative estimate of drug-likeness (QED) is 0.393. The number of likely N-dealkylation sites (tertiary alicyclic amines) is 1. The van der Waals surface area contributed by atoms with Gasteiger partial charge in [-0.05, 0) is 24.7 Å². The maximum absolute atomic E-state index is 11.3. The number of fused-ring (bicyclic) bond motifs is 1. The number of hydrogen-bond donors (Lipinski definition) is 0. The van der Waals surface area contributed by atoms with Gasteiger partial charge >= 0.3 is 11.9 Å². The topological polar surface area (TPSA) is 46.6 Å². The summed E-state index contributed by atoms with van der Waals surface area (Å²) in [5.41, 5.74) is 0. The predicted molar refractivity (Wildman–Crippen MR) is 44.8 cm³/mol. The van der Waals surface area contributed by atoms with E-state index in [1.807, 2.05) is 0 Å². The highest BCUT2D eigenvalue weighted by atomic mass is 16.5. The molecule has 2 unspecified atom stereocenters. The van der Waals surface area contributed by atoms with Crippen LogP contribution in [-0.4, -0.2) is 37.0 Å². The number of amides is 1. The lowest BCUT2D eigenvalue weighted by Gasteiger charge is -2.24. The Kier molecular flexibility index (Phi) is 1.98. The Labute approximate surface area is 76.8 Å². The molecule has 4 heteroatoms. The molecule has 1 saturated carbocycles. The van der Waals surface area contributed by atoms with E-state index >= 15 is 0 Å². The first-order chi connectivity index (χ1) is 6.22. The van der Waals surface area contributed by atoms with Crippen molar-refractivity contribution in [1.29, 1.82) is 0 Å². The van der Waals surface area contributed by atoms with E-state index < -0.39 is 11.9 Å². The minimum absolute atomic E-state index is 0.479. The molecule has 0 N–H and O–H groups in total. The van der Waals surface area contributed by atoms with Gasteiger partial charge < -0.3 is 9.64 Å². The van der Waals surface area contributed by atoms with Crippen LogP contribution in [0.3, 0.4) is 0 Å². The first kappa shape index (κ1) is 8.53. The Morgan fingerprint density at radius 3 is 2.77 bits per heavy atom. The molecule has 4 nitrogen and oxygen atoms in total. The lowest BCUT2D eigenvalue weighted by molar-refractivity contribution is -0.158. The fourth-order valence-electron chi connectivity index (χ4n) is 1.98. The molecular weight excluding hydrogens is 170 g/mol. The standard InChI is InChI=1S/C9H13NO3/c1-13-9(12)8(11)10-3-2-6-4-7(6)5-10/h6-7H,2-5H2,1H3. The van der Waals surface area contributed by atoms with Crippen molar-refractivity contribution in [2.24, 2.45) is 11.8 Å². The average molecular weight is 183 g/mol. The third kappa shape index (κ3) is 1.53. The molecule has 13 heavy (non-hydrogen) atoms. The van der Waals surface area contributed by atoms with Gasteiger partial charge in [0.25, 0.3) is 0 Å². The smallest absolute Gasteiger partial charge is 0.396 e. The van der Waals surface area contributed by atoms with Crippen molar-refractivity contribution in [2.75, 3.05) is 20.2 Å². The molecule has 72 valence electrons. The summed E-state index contributed by atoms with van der Waals surface area (Å²) in [6, 6.07) is 0. The molecule has 1 aliphatic heterocycles. The predicted octanol–water partition coefficient (Wildman–Crippen LogP) is 0.0278. The second kappa shape index (κ2) is 3.01. The van der Waals surface area contributed by atoms with Gasteiger partial charge in [-0.25, -0.2) is 4.79 Å². The second-order valence-electron chi connectivity index (χ2n) is 3.79. The average Bonchev–Trinajstić information content (AvgIpc) is 2.92. The van der Waals surface area contributed by atoms with Crippen LogP contribution in [0.15, 0.2) is 0 Å². The molecule has 1 aliphatic carbocycles. The molecule has 0 aromatic rings. The van der Waals surface area contributed by atoms with Gasteiger partial charge in [-0.1, -0.05) is 0 Å². The zero-order valence-corrected chi connectivity index (χ0v) is 7.66. The largest absolute Gasteiger partial charge is 0.462 e. The third-order valence-electron chi connectivity index (χ3n) is 2.94.